The Kier molecular flexibility index (Phi) is 7.38. The van der Waals surface area contributed by atoms with Gasteiger partial charge in [0.05, 0.1) is 6.54 Å². The van der Waals surface area contributed by atoms with E-state index in [1.165, 1.54) is 4.90 Å². The second-order valence-electron chi connectivity index (χ2n) is 6.99. The lowest BCUT2D eigenvalue weighted by Crippen LogP contribution is -2.22. The van der Waals surface area contributed by atoms with Crippen LogP contribution in [0.25, 0.3) is 10.8 Å². The number of nitrogen functional groups attached to an aromatic ring is 1. The largest absolute Gasteiger partial charge is 0.396 e. The van der Waals surface area contributed by atoms with Gasteiger partial charge >= 0.3 is 0 Å². The van der Waals surface area contributed by atoms with Gasteiger partial charge in [-0.15, -0.1) is 0 Å². The standard InChI is InChI=1S/C23H24N4O3S/c1-15(27(14-29)13-20-12-25-16(2)26-22(20)24)21(9-10-28)31-23(30)19-8-7-17-5-3-4-6-18(17)11-19/h3-8,11-12,14,28H,9-10,13H2,1-2H3,(H2,24,25,26)/b21-15-. The Hall–Kier alpha value is -3.23. The number of carbonyl (C=O) groups is 2. The molecule has 0 unspecified atom stereocenters. The number of rotatable bonds is 8. The van der Waals surface area contributed by atoms with Crippen LogP contribution in [0.3, 0.4) is 0 Å². The van der Waals surface area contributed by atoms with Crippen LogP contribution in [0.2, 0.25) is 0 Å². The van der Waals surface area contributed by atoms with E-state index in [1.807, 2.05) is 36.4 Å². The molecule has 0 aliphatic heterocycles. The molecule has 0 spiro atoms. The zero-order chi connectivity index (χ0) is 22.4. The van der Waals surface area contributed by atoms with E-state index in [2.05, 4.69) is 9.97 Å². The number of fused-ring (bicyclic) bond motifs is 1. The summed E-state index contributed by atoms with van der Waals surface area (Å²) in [6.07, 6.45) is 2.51. The maximum absolute atomic E-state index is 12.9. The zero-order valence-corrected chi connectivity index (χ0v) is 18.2. The Morgan fingerprint density at radius 3 is 2.65 bits per heavy atom. The number of anilines is 1. The van der Waals surface area contributed by atoms with Crippen molar-refractivity contribution in [3.63, 3.8) is 0 Å². The summed E-state index contributed by atoms with van der Waals surface area (Å²) in [6, 6.07) is 13.3. The van der Waals surface area contributed by atoms with E-state index in [1.54, 1.807) is 26.1 Å². The maximum Gasteiger partial charge on any atom is 0.223 e. The van der Waals surface area contributed by atoms with Crippen LogP contribution in [-0.2, 0) is 11.3 Å². The number of aryl methyl sites for hydroxylation is 1. The van der Waals surface area contributed by atoms with Crippen molar-refractivity contribution in [3.8, 4) is 0 Å². The number of aliphatic hydroxyl groups excluding tert-OH is 1. The molecule has 0 fully saturated rings. The minimum absolute atomic E-state index is 0.146. The van der Waals surface area contributed by atoms with Gasteiger partial charge in [-0.1, -0.05) is 30.3 Å². The van der Waals surface area contributed by atoms with Crippen molar-refractivity contribution in [2.24, 2.45) is 0 Å². The molecule has 2 aromatic carbocycles. The highest BCUT2D eigenvalue weighted by molar-refractivity contribution is 8.17. The van der Waals surface area contributed by atoms with Gasteiger partial charge in [0.15, 0.2) is 0 Å². The highest BCUT2D eigenvalue weighted by Crippen LogP contribution is 2.30. The third-order valence-electron chi connectivity index (χ3n) is 4.86. The Balaban J connectivity index is 1.86. The van der Waals surface area contributed by atoms with Crippen LogP contribution in [-0.4, -0.2) is 38.1 Å². The Morgan fingerprint density at radius 1 is 1.23 bits per heavy atom. The van der Waals surface area contributed by atoms with E-state index in [4.69, 9.17) is 5.73 Å². The fourth-order valence-corrected chi connectivity index (χ4v) is 4.03. The number of aromatic nitrogens is 2. The summed E-state index contributed by atoms with van der Waals surface area (Å²) in [5, 5.41) is 11.4. The normalized spacial score (nSPS) is 11.8. The average Bonchev–Trinajstić information content (AvgIpc) is 2.77. The quantitative estimate of drug-likeness (QED) is 0.519. The first-order valence-corrected chi connectivity index (χ1v) is 10.6. The lowest BCUT2D eigenvalue weighted by Gasteiger charge is -2.22. The van der Waals surface area contributed by atoms with E-state index < -0.39 is 0 Å². The molecule has 0 aliphatic carbocycles. The third kappa shape index (κ3) is 5.48. The number of nitrogens with zero attached hydrogens (tertiary/aromatic N) is 3. The van der Waals surface area contributed by atoms with Crippen LogP contribution >= 0.6 is 11.8 Å². The van der Waals surface area contributed by atoms with Crippen molar-refractivity contribution in [2.75, 3.05) is 12.3 Å². The molecule has 31 heavy (non-hydrogen) atoms. The first-order chi connectivity index (χ1) is 14.9. The average molecular weight is 437 g/mol. The molecule has 3 N–H and O–H groups in total. The van der Waals surface area contributed by atoms with E-state index in [0.717, 1.165) is 22.5 Å². The van der Waals surface area contributed by atoms with Crippen molar-refractivity contribution in [3.05, 3.63) is 76.2 Å². The van der Waals surface area contributed by atoms with Crippen LogP contribution in [0.4, 0.5) is 5.82 Å². The summed E-state index contributed by atoms with van der Waals surface area (Å²) in [7, 11) is 0. The summed E-state index contributed by atoms with van der Waals surface area (Å²) < 4.78 is 0. The van der Waals surface area contributed by atoms with Crippen molar-refractivity contribution in [1.29, 1.82) is 0 Å². The summed E-state index contributed by atoms with van der Waals surface area (Å²) in [6.45, 7) is 3.50. The molecule has 3 rings (SSSR count). The first-order valence-electron chi connectivity index (χ1n) is 9.74. The molecule has 0 aliphatic rings. The van der Waals surface area contributed by atoms with E-state index in [0.29, 0.717) is 39.8 Å². The van der Waals surface area contributed by atoms with Crippen molar-refractivity contribution >= 4 is 39.9 Å². The lowest BCUT2D eigenvalue weighted by atomic mass is 10.1. The first kappa shape index (κ1) is 22.5. The van der Waals surface area contributed by atoms with E-state index >= 15 is 0 Å². The molecule has 0 saturated heterocycles. The number of amides is 1. The van der Waals surface area contributed by atoms with E-state index in [9.17, 15) is 14.7 Å². The fraction of sp³-hybridized carbons (Fsp3) is 0.217. The lowest BCUT2D eigenvalue weighted by molar-refractivity contribution is -0.116. The molecular formula is C23H24N4O3S. The van der Waals surface area contributed by atoms with Gasteiger partial charge in [-0.3, -0.25) is 9.59 Å². The molecule has 1 aromatic heterocycles. The Morgan fingerprint density at radius 2 is 1.97 bits per heavy atom. The molecule has 0 saturated carbocycles. The van der Waals surface area contributed by atoms with Gasteiger partial charge in [0.1, 0.15) is 11.6 Å². The monoisotopic (exact) mass is 436 g/mol. The van der Waals surface area contributed by atoms with Gasteiger partial charge in [-0.05, 0) is 48.5 Å². The number of nitrogens with two attached hydrogens (primary N) is 1. The van der Waals surface area contributed by atoms with Crippen LogP contribution < -0.4 is 5.73 Å². The molecule has 1 heterocycles. The minimum Gasteiger partial charge on any atom is -0.396 e. The highest BCUT2D eigenvalue weighted by atomic mass is 32.2. The molecule has 8 heteroatoms. The SMILES string of the molecule is C/C(=C(\CCO)SC(=O)c1ccc2ccccc2c1)N(C=O)Cc1cnc(C)nc1N. The van der Waals surface area contributed by atoms with Gasteiger partial charge < -0.3 is 15.7 Å². The topological polar surface area (TPSA) is 109 Å². The summed E-state index contributed by atoms with van der Waals surface area (Å²) in [5.41, 5.74) is 7.68. The summed E-state index contributed by atoms with van der Waals surface area (Å²) in [4.78, 5) is 35.0. The smallest absolute Gasteiger partial charge is 0.223 e. The number of allylic oxidation sites excluding steroid dienone is 1. The number of carbonyl (C=O) groups excluding carboxylic acids is 2. The Bertz CT molecular complexity index is 1150. The maximum atomic E-state index is 12.9. The van der Waals surface area contributed by atoms with Gasteiger partial charge in [0, 0.05) is 41.0 Å². The minimum atomic E-state index is -0.155. The van der Waals surface area contributed by atoms with Crippen molar-refractivity contribution < 1.29 is 14.7 Å². The zero-order valence-electron chi connectivity index (χ0n) is 17.4. The van der Waals surface area contributed by atoms with Crippen LogP contribution in [0.1, 0.15) is 35.1 Å². The molecule has 0 bridgehead atoms. The molecule has 3 aromatic rings. The second kappa shape index (κ2) is 10.2. The van der Waals surface area contributed by atoms with E-state index in [-0.39, 0.29) is 24.7 Å². The molecule has 0 radical (unpaired) electrons. The molecule has 160 valence electrons. The second-order valence-corrected chi connectivity index (χ2v) is 8.06. The van der Waals surface area contributed by atoms with Gasteiger partial charge in [0.25, 0.3) is 0 Å². The molecule has 0 atom stereocenters. The number of benzene rings is 2. The van der Waals surface area contributed by atoms with Gasteiger partial charge in [-0.25, -0.2) is 9.97 Å². The van der Waals surface area contributed by atoms with Crippen LogP contribution in [0.5, 0.6) is 0 Å². The number of aliphatic hydroxyl groups is 1. The molecule has 1 amide bonds. The number of hydrogen-bond donors (Lipinski definition) is 2. The number of hydrogen-bond acceptors (Lipinski definition) is 7. The Labute approximate surface area is 185 Å². The highest BCUT2D eigenvalue weighted by Gasteiger charge is 2.17. The van der Waals surface area contributed by atoms with Crippen LogP contribution in [0, 0.1) is 6.92 Å². The van der Waals surface area contributed by atoms with Crippen LogP contribution in [0.15, 0.2) is 59.3 Å². The van der Waals surface area contributed by atoms with Crippen molar-refractivity contribution in [1.82, 2.24) is 14.9 Å². The predicted molar refractivity (Wildman–Crippen MR) is 123 cm³/mol. The van der Waals surface area contributed by atoms with Gasteiger partial charge in [0.2, 0.25) is 11.5 Å². The molecule has 7 nitrogen and oxygen atoms in total. The van der Waals surface area contributed by atoms with Crippen molar-refractivity contribution in [2.45, 2.75) is 26.8 Å². The summed E-state index contributed by atoms with van der Waals surface area (Å²) in [5.74, 6) is 0.847. The van der Waals surface area contributed by atoms with Gasteiger partial charge in [-0.2, -0.15) is 0 Å². The number of thioether (sulfide) groups is 1. The predicted octanol–water partition coefficient (Wildman–Crippen LogP) is 3.67. The summed E-state index contributed by atoms with van der Waals surface area (Å²) >= 11 is 1.02. The molecular weight excluding hydrogens is 412 g/mol. The fourth-order valence-electron chi connectivity index (χ4n) is 3.11. The third-order valence-corrected chi connectivity index (χ3v) is 6.03.